The zero-order chi connectivity index (χ0) is 17.8. The fraction of sp³-hybridized carbons (Fsp3) is 0.500. The van der Waals surface area contributed by atoms with Gasteiger partial charge in [-0.25, -0.2) is 0 Å². The van der Waals surface area contributed by atoms with Gasteiger partial charge in [0.15, 0.2) is 0 Å². The minimum absolute atomic E-state index is 0.194. The molecule has 0 aliphatic rings. The summed E-state index contributed by atoms with van der Waals surface area (Å²) < 4.78 is 0. The highest BCUT2D eigenvalue weighted by Gasteiger charge is 2.28. The van der Waals surface area contributed by atoms with Crippen LogP contribution in [0.25, 0.3) is 10.8 Å². The van der Waals surface area contributed by atoms with Crippen molar-refractivity contribution in [2.75, 3.05) is 0 Å². The lowest BCUT2D eigenvalue weighted by Gasteiger charge is -2.32. The maximum atomic E-state index is 2.41. The second-order valence-corrected chi connectivity index (χ2v) is 8.03. The molecule has 0 heterocycles. The molecule has 0 spiro atoms. The summed E-state index contributed by atoms with van der Waals surface area (Å²) in [6.07, 6.45) is 9.18. The maximum Gasteiger partial charge on any atom is -0.00373 e. The Kier molecular flexibility index (Phi) is 5.91. The first-order valence-corrected chi connectivity index (χ1v) is 9.53. The van der Waals surface area contributed by atoms with Crippen LogP contribution in [-0.2, 0) is 10.8 Å². The van der Waals surface area contributed by atoms with E-state index >= 15 is 0 Å². The molecule has 1 unspecified atom stereocenters. The van der Waals surface area contributed by atoms with E-state index in [1.165, 1.54) is 34.7 Å². The van der Waals surface area contributed by atoms with Crippen LogP contribution in [0.15, 0.2) is 48.6 Å². The molecule has 130 valence electrons. The SMILES string of the molecule is CC=CCC(C)(CC)c1ccc(C(C)(C)CCC)c2ccccc12. The molecule has 0 aromatic heterocycles. The van der Waals surface area contributed by atoms with Gasteiger partial charge in [-0.1, -0.05) is 89.6 Å². The predicted octanol–water partition coefficient (Wildman–Crippen LogP) is 7.55. The molecule has 24 heavy (non-hydrogen) atoms. The van der Waals surface area contributed by atoms with Gasteiger partial charge in [0.1, 0.15) is 0 Å². The summed E-state index contributed by atoms with van der Waals surface area (Å²) in [4.78, 5) is 0. The van der Waals surface area contributed by atoms with Gasteiger partial charge in [0.25, 0.3) is 0 Å². The van der Waals surface area contributed by atoms with Crippen LogP contribution in [0.4, 0.5) is 0 Å². The summed E-state index contributed by atoms with van der Waals surface area (Å²) in [7, 11) is 0. The van der Waals surface area contributed by atoms with Crippen molar-refractivity contribution in [1.82, 2.24) is 0 Å². The van der Waals surface area contributed by atoms with E-state index in [0.29, 0.717) is 0 Å². The van der Waals surface area contributed by atoms with E-state index in [1.54, 1.807) is 0 Å². The van der Waals surface area contributed by atoms with E-state index in [2.05, 4.69) is 90.1 Å². The number of rotatable bonds is 7. The van der Waals surface area contributed by atoms with Gasteiger partial charge in [0.2, 0.25) is 0 Å². The minimum Gasteiger partial charge on any atom is -0.0916 e. The van der Waals surface area contributed by atoms with Crippen molar-refractivity contribution in [3.8, 4) is 0 Å². The Morgan fingerprint density at radius 2 is 1.46 bits per heavy atom. The Balaban J connectivity index is 2.68. The Bertz CT molecular complexity index is 705. The van der Waals surface area contributed by atoms with Gasteiger partial charge in [-0.15, -0.1) is 0 Å². The second-order valence-electron chi connectivity index (χ2n) is 8.03. The first kappa shape index (κ1) is 18.8. The van der Waals surface area contributed by atoms with Gasteiger partial charge >= 0.3 is 0 Å². The molecule has 0 saturated carbocycles. The molecule has 1 atom stereocenters. The zero-order valence-electron chi connectivity index (χ0n) is 16.4. The molecule has 0 bridgehead atoms. The Labute approximate surface area is 149 Å². The molecule has 0 heteroatoms. The molecule has 2 rings (SSSR count). The summed E-state index contributed by atoms with van der Waals surface area (Å²) in [6.45, 7) is 13.9. The highest BCUT2D eigenvalue weighted by Crippen LogP contribution is 2.41. The van der Waals surface area contributed by atoms with Gasteiger partial charge in [0.05, 0.1) is 0 Å². The normalized spacial score (nSPS) is 15.1. The van der Waals surface area contributed by atoms with E-state index in [4.69, 9.17) is 0 Å². The highest BCUT2D eigenvalue weighted by atomic mass is 14.3. The molecule has 2 aromatic carbocycles. The molecule has 0 aliphatic carbocycles. The van der Waals surface area contributed by atoms with Crippen LogP contribution in [0.5, 0.6) is 0 Å². The van der Waals surface area contributed by atoms with Crippen molar-refractivity contribution in [1.29, 1.82) is 0 Å². The van der Waals surface area contributed by atoms with Crippen LogP contribution in [0.2, 0.25) is 0 Å². The topological polar surface area (TPSA) is 0 Å². The number of hydrogen-bond donors (Lipinski definition) is 0. The Morgan fingerprint density at radius 1 is 0.875 bits per heavy atom. The summed E-state index contributed by atoms with van der Waals surface area (Å²) in [5.41, 5.74) is 3.40. The zero-order valence-corrected chi connectivity index (χ0v) is 16.4. The summed E-state index contributed by atoms with van der Waals surface area (Å²) in [5, 5.41) is 2.88. The Morgan fingerprint density at radius 3 is 2.00 bits per heavy atom. The van der Waals surface area contributed by atoms with E-state index in [1.807, 2.05) is 0 Å². The predicted molar refractivity (Wildman–Crippen MR) is 109 cm³/mol. The average Bonchev–Trinajstić information content (AvgIpc) is 2.58. The van der Waals surface area contributed by atoms with Crippen molar-refractivity contribution in [2.45, 2.75) is 78.1 Å². The van der Waals surface area contributed by atoms with E-state index in [0.717, 1.165) is 12.8 Å². The van der Waals surface area contributed by atoms with Crippen molar-refractivity contribution in [3.05, 3.63) is 59.7 Å². The van der Waals surface area contributed by atoms with Crippen molar-refractivity contribution in [3.63, 3.8) is 0 Å². The lowest BCUT2D eigenvalue weighted by atomic mass is 9.72. The lowest BCUT2D eigenvalue weighted by Crippen LogP contribution is -2.22. The van der Waals surface area contributed by atoms with Crippen molar-refractivity contribution < 1.29 is 0 Å². The third kappa shape index (κ3) is 3.58. The van der Waals surface area contributed by atoms with Crippen LogP contribution in [0.1, 0.15) is 78.4 Å². The molecule has 0 N–H and O–H groups in total. The van der Waals surface area contributed by atoms with Crippen LogP contribution in [0, 0.1) is 0 Å². The molecule has 2 aromatic rings. The third-order valence-corrected chi connectivity index (χ3v) is 5.76. The first-order valence-electron chi connectivity index (χ1n) is 9.53. The fourth-order valence-corrected chi connectivity index (χ4v) is 4.00. The van der Waals surface area contributed by atoms with Gasteiger partial charge in [-0.2, -0.15) is 0 Å². The third-order valence-electron chi connectivity index (χ3n) is 5.76. The largest absolute Gasteiger partial charge is 0.0916 e. The maximum absolute atomic E-state index is 2.41. The van der Waals surface area contributed by atoms with Gasteiger partial charge in [-0.05, 0) is 58.9 Å². The molecule has 0 radical (unpaired) electrons. The molecule has 0 amide bonds. The lowest BCUT2D eigenvalue weighted by molar-refractivity contribution is 0.461. The number of hydrogen-bond acceptors (Lipinski definition) is 0. The van der Waals surface area contributed by atoms with E-state index < -0.39 is 0 Å². The molecular weight excluding hydrogens is 288 g/mol. The smallest absolute Gasteiger partial charge is 0.00373 e. The van der Waals surface area contributed by atoms with Crippen LogP contribution in [0.3, 0.4) is 0 Å². The number of allylic oxidation sites excluding steroid dienone is 2. The molecular formula is C24H34. The van der Waals surface area contributed by atoms with Gasteiger partial charge in [0, 0.05) is 0 Å². The van der Waals surface area contributed by atoms with Gasteiger partial charge in [-0.3, -0.25) is 0 Å². The average molecular weight is 323 g/mol. The summed E-state index contributed by atoms with van der Waals surface area (Å²) >= 11 is 0. The van der Waals surface area contributed by atoms with Crippen molar-refractivity contribution in [2.24, 2.45) is 0 Å². The molecule has 0 nitrogen and oxygen atoms in total. The highest BCUT2D eigenvalue weighted by molar-refractivity contribution is 5.90. The number of benzene rings is 2. The minimum atomic E-state index is 0.194. The van der Waals surface area contributed by atoms with Crippen LogP contribution < -0.4 is 0 Å². The monoisotopic (exact) mass is 322 g/mol. The van der Waals surface area contributed by atoms with E-state index in [9.17, 15) is 0 Å². The Hall–Kier alpha value is -1.56. The van der Waals surface area contributed by atoms with Gasteiger partial charge < -0.3 is 0 Å². The summed E-state index contributed by atoms with van der Waals surface area (Å²) in [5.74, 6) is 0. The number of fused-ring (bicyclic) bond motifs is 1. The second kappa shape index (κ2) is 7.55. The van der Waals surface area contributed by atoms with Crippen molar-refractivity contribution >= 4 is 10.8 Å². The fourth-order valence-electron chi connectivity index (χ4n) is 4.00. The standard InChI is InChI=1S/C24H34/c1-7-10-18-24(6,9-3)22-16-15-21(23(4,5)17-8-2)19-13-11-12-14-20(19)22/h7,10-16H,8-9,17-18H2,1-6H3. The molecule has 0 saturated heterocycles. The quantitative estimate of drug-likeness (QED) is 0.461. The summed E-state index contributed by atoms with van der Waals surface area (Å²) in [6, 6.07) is 13.8. The van der Waals surface area contributed by atoms with E-state index in [-0.39, 0.29) is 10.8 Å². The van der Waals surface area contributed by atoms with Crippen LogP contribution in [-0.4, -0.2) is 0 Å². The van der Waals surface area contributed by atoms with Crippen LogP contribution >= 0.6 is 0 Å². The first-order chi connectivity index (χ1) is 11.4. The molecule has 0 aliphatic heterocycles. The molecule has 0 fully saturated rings.